The zero-order chi connectivity index (χ0) is 17.8. The molecule has 0 spiro atoms. The molecule has 5 nitrogen and oxygen atoms in total. The Labute approximate surface area is 146 Å². The minimum atomic E-state index is -0.631. The van der Waals surface area contributed by atoms with Crippen LogP contribution < -0.4 is 19.7 Å². The molecule has 0 saturated carbocycles. The average molecular weight is 344 g/mol. The highest BCUT2D eigenvalue weighted by Crippen LogP contribution is 2.33. The number of hydrogen-bond donors (Lipinski definition) is 1. The molecule has 0 radical (unpaired) electrons. The van der Waals surface area contributed by atoms with Gasteiger partial charge in [0.25, 0.3) is 5.91 Å². The van der Waals surface area contributed by atoms with Crippen LogP contribution in [0.2, 0.25) is 0 Å². The van der Waals surface area contributed by atoms with Crippen LogP contribution in [0.5, 0.6) is 11.5 Å². The molecule has 1 fully saturated rings. The largest absolute Gasteiger partial charge is 0.493 e. The van der Waals surface area contributed by atoms with E-state index in [2.05, 4.69) is 10.2 Å². The Morgan fingerprint density at radius 2 is 1.92 bits per heavy atom. The Morgan fingerprint density at radius 3 is 2.60 bits per heavy atom. The van der Waals surface area contributed by atoms with E-state index >= 15 is 0 Å². The summed E-state index contributed by atoms with van der Waals surface area (Å²) in [5.41, 5.74) is 0.990. The molecule has 6 heteroatoms. The van der Waals surface area contributed by atoms with Crippen molar-refractivity contribution in [3.05, 3.63) is 53.8 Å². The first-order chi connectivity index (χ1) is 12.1. The van der Waals surface area contributed by atoms with Crippen molar-refractivity contribution in [1.29, 1.82) is 0 Å². The first-order valence-corrected chi connectivity index (χ1v) is 8.15. The van der Waals surface area contributed by atoms with Crippen molar-refractivity contribution in [2.24, 2.45) is 0 Å². The quantitative estimate of drug-likeness (QED) is 0.906. The maximum Gasteiger partial charge on any atom is 0.258 e. The maximum absolute atomic E-state index is 14.2. The van der Waals surface area contributed by atoms with Gasteiger partial charge in [0.05, 0.1) is 14.2 Å². The minimum absolute atomic E-state index is 0.0528. The lowest BCUT2D eigenvalue weighted by atomic mass is 10.1. The van der Waals surface area contributed by atoms with E-state index in [-0.39, 0.29) is 17.4 Å². The fourth-order valence-corrected chi connectivity index (χ4v) is 3.12. The predicted molar refractivity (Wildman–Crippen MR) is 94.0 cm³/mol. The van der Waals surface area contributed by atoms with Crippen LogP contribution in [-0.4, -0.2) is 39.3 Å². The molecule has 25 heavy (non-hydrogen) atoms. The van der Waals surface area contributed by atoms with Gasteiger partial charge in [-0.1, -0.05) is 18.2 Å². The molecule has 132 valence electrons. The Morgan fingerprint density at radius 1 is 1.16 bits per heavy atom. The van der Waals surface area contributed by atoms with E-state index in [1.54, 1.807) is 0 Å². The number of methoxy groups -OCH3 is 2. The van der Waals surface area contributed by atoms with Crippen molar-refractivity contribution in [3.8, 4) is 11.5 Å². The van der Waals surface area contributed by atoms with Crippen molar-refractivity contribution in [2.45, 2.75) is 12.5 Å². The van der Waals surface area contributed by atoms with Gasteiger partial charge in [0.2, 0.25) is 0 Å². The van der Waals surface area contributed by atoms with Gasteiger partial charge in [0, 0.05) is 24.8 Å². The lowest BCUT2D eigenvalue weighted by molar-refractivity contribution is 0.0932. The van der Waals surface area contributed by atoms with Gasteiger partial charge in [-0.2, -0.15) is 0 Å². The highest BCUT2D eigenvalue weighted by molar-refractivity contribution is 5.98. The SMILES string of the molecule is COc1ccc(F)c(C(=O)N[C@H]2CCN(c3ccccc3)C2)c1OC. The van der Waals surface area contributed by atoms with Gasteiger partial charge in [0.15, 0.2) is 11.5 Å². The number of para-hydroxylation sites is 1. The molecule has 3 rings (SSSR count). The molecule has 1 heterocycles. The lowest BCUT2D eigenvalue weighted by Gasteiger charge is -2.19. The third-order valence-electron chi connectivity index (χ3n) is 4.37. The summed E-state index contributed by atoms with van der Waals surface area (Å²) in [5, 5.41) is 2.91. The summed E-state index contributed by atoms with van der Waals surface area (Å²) < 4.78 is 24.5. The van der Waals surface area contributed by atoms with Gasteiger partial charge in [-0.15, -0.1) is 0 Å². The average Bonchev–Trinajstić information content (AvgIpc) is 3.10. The summed E-state index contributed by atoms with van der Waals surface area (Å²) in [6.45, 7) is 1.52. The summed E-state index contributed by atoms with van der Waals surface area (Å²) in [6, 6.07) is 12.6. The molecule has 2 aromatic carbocycles. The molecular formula is C19H21FN2O3. The molecule has 0 bridgehead atoms. The Bertz CT molecular complexity index is 752. The normalized spacial score (nSPS) is 16.6. The first-order valence-electron chi connectivity index (χ1n) is 8.15. The van der Waals surface area contributed by atoms with E-state index in [1.807, 2.05) is 30.3 Å². The van der Waals surface area contributed by atoms with E-state index in [0.717, 1.165) is 18.7 Å². The number of benzene rings is 2. The molecule has 1 saturated heterocycles. The number of halogens is 1. The second kappa shape index (κ2) is 7.42. The maximum atomic E-state index is 14.2. The molecule has 1 amide bonds. The van der Waals surface area contributed by atoms with E-state index in [1.165, 1.54) is 26.4 Å². The third kappa shape index (κ3) is 3.52. The van der Waals surface area contributed by atoms with Crippen molar-refractivity contribution < 1.29 is 18.7 Å². The van der Waals surface area contributed by atoms with Crippen molar-refractivity contribution in [3.63, 3.8) is 0 Å². The molecular weight excluding hydrogens is 323 g/mol. The highest BCUT2D eigenvalue weighted by Gasteiger charge is 2.28. The predicted octanol–water partition coefficient (Wildman–Crippen LogP) is 2.85. The molecule has 2 aromatic rings. The van der Waals surface area contributed by atoms with Crippen LogP contribution in [0.1, 0.15) is 16.8 Å². The molecule has 0 aliphatic carbocycles. The summed E-state index contributed by atoms with van der Waals surface area (Å²) in [4.78, 5) is 14.8. The summed E-state index contributed by atoms with van der Waals surface area (Å²) >= 11 is 0. The summed E-state index contributed by atoms with van der Waals surface area (Å²) in [6.07, 6.45) is 0.800. The first kappa shape index (κ1) is 17.1. The molecule has 1 aliphatic heterocycles. The number of anilines is 1. The molecule has 1 N–H and O–H groups in total. The highest BCUT2D eigenvalue weighted by atomic mass is 19.1. The van der Waals surface area contributed by atoms with Crippen LogP contribution in [-0.2, 0) is 0 Å². The van der Waals surface area contributed by atoms with Crippen LogP contribution >= 0.6 is 0 Å². The standard InChI is InChI=1S/C19H21FN2O3/c1-24-16-9-8-15(20)17(18(16)25-2)19(23)21-13-10-11-22(12-13)14-6-4-3-5-7-14/h3-9,13H,10-12H2,1-2H3,(H,21,23)/t13-/m0/s1. The van der Waals surface area contributed by atoms with Crippen molar-refractivity contribution >= 4 is 11.6 Å². The summed E-state index contributed by atoms with van der Waals surface area (Å²) in [5.74, 6) is -0.689. The topological polar surface area (TPSA) is 50.8 Å². The molecule has 0 unspecified atom stereocenters. The van der Waals surface area contributed by atoms with E-state index in [0.29, 0.717) is 12.3 Å². The Kier molecular flexibility index (Phi) is 5.07. The summed E-state index contributed by atoms with van der Waals surface area (Å²) in [7, 11) is 2.84. The van der Waals surface area contributed by atoms with Crippen LogP contribution in [0, 0.1) is 5.82 Å². The van der Waals surface area contributed by atoms with E-state index in [9.17, 15) is 9.18 Å². The molecule has 1 aliphatic rings. The second-order valence-corrected chi connectivity index (χ2v) is 5.90. The van der Waals surface area contributed by atoms with Crippen molar-refractivity contribution in [1.82, 2.24) is 5.32 Å². The van der Waals surface area contributed by atoms with Gasteiger partial charge in [-0.3, -0.25) is 4.79 Å². The van der Waals surface area contributed by atoms with Crippen LogP contribution in [0.3, 0.4) is 0 Å². The van der Waals surface area contributed by atoms with Gasteiger partial charge >= 0.3 is 0 Å². The van der Waals surface area contributed by atoms with Gasteiger partial charge in [0.1, 0.15) is 11.4 Å². The second-order valence-electron chi connectivity index (χ2n) is 5.90. The number of carbonyl (C=O) groups excluding carboxylic acids is 1. The molecule has 0 aromatic heterocycles. The smallest absolute Gasteiger partial charge is 0.258 e. The number of nitrogens with one attached hydrogen (secondary N) is 1. The van der Waals surface area contributed by atoms with Gasteiger partial charge in [-0.25, -0.2) is 4.39 Å². The number of hydrogen-bond acceptors (Lipinski definition) is 4. The number of amides is 1. The van der Waals surface area contributed by atoms with Gasteiger partial charge in [-0.05, 0) is 30.7 Å². The minimum Gasteiger partial charge on any atom is -0.493 e. The number of rotatable bonds is 5. The fourth-order valence-electron chi connectivity index (χ4n) is 3.12. The van der Waals surface area contributed by atoms with Crippen LogP contribution in [0.15, 0.2) is 42.5 Å². The fraction of sp³-hybridized carbons (Fsp3) is 0.316. The van der Waals surface area contributed by atoms with E-state index in [4.69, 9.17) is 9.47 Å². The van der Waals surface area contributed by atoms with Crippen LogP contribution in [0.25, 0.3) is 0 Å². The zero-order valence-corrected chi connectivity index (χ0v) is 14.3. The number of ether oxygens (including phenoxy) is 2. The van der Waals surface area contributed by atoms with Crippen LogP contribution in [0.4, 0.5) is 10.1 Å². The number of carbonyl (C=O) groups is 1. The number of nitrogens with zero attached hydrogens (tertiary/aromatic N) is 1. The lowest BCUT2D eigenvalue weighted by Crippen LogP contribution is -2.37. The van der Waals surface area contributed by atoms with Crippen molar-refractivity contribution in [2.75, 3.05) is 32.2 Å². The molecule has 1 atom stereocenters. The third-order valence-corrected chi connectivity index (χ3v) is 4.37. The monoisotopic (exact) mass is 344 g/mol. The van der Waals surface area contributed by atoms with E-state index < -0.39 is 11.7 Å². The van der Waals surface area contributed by atoms with Gasteiger partial charge < -0.3 is 19.7 Å². The Hall–Kier alpha value is -2.76. The zero-order valence-electron chi connectivity index (χ0n) is 14.3. The Balaban J connectivity index is 1.73.